The number of aromatic nitrogens is 2. The lowest BCUT2D eigenvalue weighted by Gasteiger charge is -2.21. The minimum absolute atomic E-state index is 0.206. The van der Waals surface area contributed by atoms with Crippen LogP contribution >= 0.6 is 0 Å². The lowest BCUT2D eigenvalue weighted by atomic mass is 9.98. The van der Waals surface area contributed by atoms with Gasteiger partial charge in [0.05, 0.1) is 17.3 Å². The number of nitrogens with zero attached hydrogens (tertiary/aromatic N) is 2. The second-order valence-electron chi connectivity index (χ2n) is 6.59. The highest BCUT2D eigenvalue weighted by Gasteiger charge is 2.22. The molecule has 0 spiro atoms. The Morgan fingerprint density at radius 2 is 1.79 bits per heavy atom. The Hall–Kier alpha value is -3.44. The van der Waals surface area contributed by atoms with Gasteiger partial charge in [0.15, 0.2) is 6.23 Å². The molecule has 0 fully saturated rings. The van der Waals surface area contributed by atoms with Crippen LogP contribution in [0.15, 0.2) is 79.0 Å². The van der Waals surface area contributed by atoms with Crippen LogP contribution in [-0.2, 0) is 11.2 Å². The molecule has 1 unspecified atom stereocenters. The second kappa shape index (κ2) is 7.66. The molecule has 1 heterocycles. The van der Waals surface area contributed by atoms with Gasteiger partial charge < -0.3 is 9.84 Å². The van der Waals surface area contributed by atoms with Gasteiger partial charge in [-0.2, -0.15) is 5.10 Å². The average molecular weight is 372 g/mol. The van der Waals surface area contributed by atoms with Crippen molar-refractivity contribution in [3.63, 3.8) is 0 Å². The quantitative estimate of drug-likeness (QED) is 0.540. The number of hydrogen-bond donors (Lipinski definition) is 1. The van der Waals surface area contributed by atoms with E-state index in [-0.39, 0.29) is 5.56 Å². The molecule has 4 aromatic rings. The third-order valence-electron chi connectivity index (χ3n) is 4.85. The first kappa shape index (κ1) is 17.9. The topological polar surface area (TPSA) is 64.4 Å². The minimum atomic E-state index is -0.986. The van der Waals surface area contributed by atoms with Crippen LogP contribution in [0.4, 0.5) is 0 Å². The summed E-state index contributed by atoms with van der Waals surface area (Å²) in [4.78, 5) is 11.7. The van der Waals surface area contributed by atoms with Gasteiger partial charge >= 0.3 is 5.97 Å². The Morgan fingerprint density at radius 3 is 2.54 bits per heavy atom. The van der Waals surface area contributed by atoms with Gasteiger partial charge in [-0.3, -0.25) is 0 Å². The molecule has 4 rings (SSSR count). The third-order valence-corrected chi connectivity index (χ3v) is 4.85. The van der Waals surface area contributed by atoms with Crippen molar-refractivity contribution in [2.24, 2.45) is 0 Å². The van der Waals surface area contributed by atoms with Crippen LogP contribution in [0.2, 0.25) is 0 Å². The first-order valence-electron chi connectivity index (χ1n) is 9.03. The maximum Gasteiger partial charge on any atom is 0.337 e. The smallest absolute Gasteiger partial charge is 0.337 e. The van der Waals surface area contributed by atoms with Crippen molar-refractivity contribution >= 4 is 16.9 Å². The zero-order valence-electron chi connectivity index (χ0n) is 15.4. The van der Waals surface area contributed by atoms with Crippen molar-refractivity contribution in [3.05, 3.63) is 101 Å². The molecule has 5 nitrogen and oxygen atoms in total. The summed E-state index contributed by atoms with van der Waals surface area (Å²) in [5.41, 5.74) is 4.02. The number of carboxylic acids is 1. The molecule has 0 amide bonds. The summed E-state index contributed by atoms with van der Waals surface area (Å²) in [6.07, 6.45) is 1.90. The van der Waals surface area contributed by atoms with Gasteiger partial charge in [0.1, 0.15) is 0 Å². The van der Waals surface area contributed by atoms with E-state index in [0.717, 1.165) is 22.9 Å². The van der Waals surface area contributed by atoms with E-state index >= 15 is 0 Å². The van der Waals surface area contributed by atoms with Crippen molar-refractivity contribution < 1.29 is 14.6 Å². The number of hydrogen-bond acceptors (Lipinski definition) is 3. The molecule has 140 valence electrons. The molecule has 0 radical (unpaired) electrons. The Morgan fingerprint density at radius 1 is 1.04 bits per heavy atom. The summed E-state index contributed by atoms with van der Waals surface area (Å²) >= 11 is 0. The molecule has 28 heavy (non-hydrogen) atoms. The second-order valence-corrected chi connectivity index (χ2v) is 6.59. The first-order valence-corrected chi connectivity index (χ1v) is 9.03. The van der Waals surface area contributed by atoms with Crippen molar-refractivity contribution in [1.29, 1.82) is 0 Å². The van der Waals surface area contributed by atoms with E-state index in [9.17, 15) is 9.90 Å². The van der Waals surface area contributed by atoms with Crippen LogP contribution in [0.3, 0.4) is 0 Å². The van der Waals surface area contributed by atoms with Crippen LogP contribution in [0, 0.1) is 0 Å². The van der Waals surface area contributed by atoms with E-state index in [1.54, 1.807) is 30.1 Å². The molecule has 5 heteroatoms. The number of ether oxygens (including phenoxy) is 1. The van der Waals surface area contributed by atoms with E-state index in [4.69, 9.17) is 4.74 Å². The summed E-state index contributed by atoms with van der Waals surface area (Å²) < 4.78 is 7.46. The number of benzene rings is 3. The average Bonchev–Trinajstić information content (AvgIpc) is 3.14. The lowest BCUT2D eigenvalue weighted by molar-refractivity contribution is 0.0676. The van der Waals surface area contributed by atoms with Crippen LogP contribution in [0.1, 0.15) is 33.3 Å². The van der Waals surface area contributed by atoms with Crippen LogP contribution in [0.25, 0.3) is 10.9 Å². The molecule has 1 N–H and O–H groups in total. The Balaban J connectivity index is 1.83. The summed E-state index contributed by atoms with van der Waals surface area (Å²) in [5, 5.41) is 14.8. The lowest BCUT2D eigenvalue weighted by Crippen LogP contribution is -2.17. The number of methoxy groups -OCH3 is 1. The van der Waals surface area contributed by atoms with Crippen molar-refractivity contribution in [1.82, 2.24) is 9.78 Å². The molecular formula is C23H20N2O3. The largest absolute Gasteiger partial charge is 0.478 e. The van der Waals surface area contributed by atoms with Crippen LogP contribution in [0.5, 0.6) is 0 Å². The zero-order chi connectivity index (χ0) is 19.5. The van der Waals surface area contributed by atoms with E-state index < -0.39 is 12.2 Å². The molecule has 1 atom stereocenters. The maximum absolute atomic E-state index is 11.7. The molecular weight excluding hydrogens is 352 g/mol. The number of aromatic carboxylic acids is 1. The van der Waals surface area contributed by atoms with Gasteiger partial charge in [0.25, 0.3) is 0 Å². The Bertz CT molecular complexity index is 1120. The number of rotatable bonds is 6. The van der Waals surface area contributed by atoms with Crippen molar-refractivity contribution in [2.75, 3.05) is 7.11 Å². The van der Waals surface area contributed by atoms with E-state index in [0.29, 0.717) is 5.52 Å². The standard InChI is InChI=1S/C23H20N2O3/c1-28-22(25-21-18(15-24-25)11-7-13-20(21)23(26)27)19-12-6-5-10-17(19)14-16-8-3-2-4-9-16/h2-13,15,22H,14H2,1H3,(H,26,27). The van der Waals surface area contributed by atoms with E-state index in [2.05, 4.69) is 23.3 Å². The fourth-order valence-electron chi connectivity index (χ4n) is 3.56. The minimum Gasteiger partial charge on any atom is -0.478 e. The van der Waals surface area contributed by atoms with E-state index in [1.165, 1.54) is 5.56 Å². The third kappa shape index (κ3) is 3.28. The number of para-hydroxylation sites is 1. The monoisotopic (exact) mass is 372 g/mol. The number of carboxylic acid groups (broad SMARTS) is 1. The van der Waals surface area contributed by atoms with Crippen molar-refractivity contribution in [2.45, 2.75) is 12.6 Å². The highest BCUT2D eigenvalue weighted by Crippen LogP contribution is 2.29. The van der Waals surface area contributed by atoms with Crippen LogP contribution < -0.4 is 0 Å². The summed E-state index contributed by atoms with van der Waals surface area (Å²) in [6.45, 7) is 0. The van der Waals surface area contributed by atoms with Gasteiger partial charge in [-0.25, -0.2) is 9.48 Å². The SMILES string of the molecule is COC(c1ccccc1Cc1ccccc1)n1ncc2cccc(C(=O)O)c21. The number of fused-ring (bicyclic) bond motifs is 1. The predicted octanol–water partition coefficient (Wildman–Crippen LogP) is 4.52. The normalized spacial score (nSPS) is 12.2. The Labute approximate surface area is 162 Å². The van der Waals surface area contributed by atoms with Crippen LogP contribution in [-0.4, -0.2) is 28.0 Å². The highest BCUT2D eigenvalue weighted by atomic mass is 16.5. The molecule has 0 aliphatic rings. The fraction of sp³-hybridized carbons (Fsp3) is 0.130. The van der Waals surface area contributed by atoms with Gasteiger partial charge in [0.2, 0.25) is 0 Å². The van der Waals surface area contributed by atoms with E-state index in [1.807, 2.05) is 42.5 Å². The molecule has 3 aromatic carbocycles. The Kier molecular flexibility index (Phi) is 4.91. The molecule has 0 saturated heterocycles. The summed E-state index contributed by atoms with van der Waals surface area (Å²) in [6, 6.07) is 23.4. The van der Waals surface area contributed by atoms with Gasteiger partial charge in [-0.05, 0) is 23.6 Å². The fourth-order valence-corrected chi connectivity index (χ4v) is 3.56. The van der Waals surface area contributed by atoms with Gasteiger partial charge in [-0.15, -0.1) is 0 Å². The molecule has 0 aliphatic carbocycles. The zero-order valence-corrected chi connectivity index (χ0v) is 15.4. The van der Waals surface area contributed by atoms with Gasteiger partial charge in [-0.1, -0.05) is 66.7 Å². The molecule has 1 aromatic heterocycles. The predicted molar refractivity (Wildman–Crippen MR) is 108 cm³/mol. The first-order chi connectivity index (χ1) is 13.7. The molecule has 0 bridgehead atoms. The molecule has 0 saturated carbocycles. The highest BCUT2D eigenvalue weighted by molar-refractivity contribution is 6.01. The summed E-state index contributed by atoms with van der Waals surface area (Å²) in [5.74, 6) is -0.986. The molecule has 0 aliphatic heterocycles. The maximum atomic E-state index is 11.7. The summed E-state index contributed by atoms with van der Waals surface area (Å²) in [7, 11) is 1.61. The van der Waals surface area contributed by atoms with Gasteiger partial charge in [0, 0.05) is 18.1 Å². The van der Waals surface area contributed by atoms with Crippen molar-refractivity contribution in [3.8, 4) is 0 Å². The number of carbonyl (C=O) groups is 1.